The second-order valence-electron chi connectivity index (χ2n) is 8.51. The van der Waals surface area contributed by atoms with E-state index in [0.29, 0.717) is 54.5 Å². The van der Waals surface area contributed by atoms with Gasteiger partial charge in [-0.15, -0.1) is 0 Å². The van der Waals surface area contributed by atoms with Gasteiger partial charge in [0.15, 0.2) is 0 Å². The second kappa shape index (κ2) is 13.6. The van der Waals surface area contributed by atoms with Crippen molar-refractivity contribution in [1.29, 1.82) is 0 Å². The minimum atomic E-state index is -0.0756. The van der Waals surface area contributed by atoms with E-state index in [1.54, 1.807) is 13.0 Å². The molecule has 0 atom stereocenters. The summed E-state index contributed by atoms with van der Waals surface area (Å²) >= 11 is 0. The van der Waals surface area contributed by atoms with Crippen molar-refractivity contribution < 1.29 is 30.6 Å². The standard InChI is InChI=1S/C27H36N4O6/c1-19-26(36)24(28-20-2-6-22(7-3-20)30(10-14-32)11-15-33)18-25(27(19)37)29-21-4-8-23(9-5-21)31(12-16-34)13-17-35/h2-9,18,28-29,32-37H,10-17H2,1H3. The maximum atomic E-state index is 10.7. The Labute approximate surface area is 216 Å². The molecule has 0 aliphatic rings. The van der Waals surface area contributed by atoms with Crippen molar-refractivity contribution >= 4 is 34.1 Å². The molecule has 0 saturated carbocycles. The molecule has 0 aliphatic carbocycles. The summed E-state index contributed by atoms with van der Waals surface area (Å²) in [5.41, 5.74) is 4.24. The molecular formula is C27H36N4O6. The highest BCUT2D eigenvalue weighted by molar-refractivity contribution is 5.80. The van der Waals surface area contributed by atoms with Gasteiger partial charge in [-0.25, -0.2) is 0 Å². The first-order valence-corrected chi connectivity index (χ1v) is 12.1. The van der Waals surface area contributed by atoms with Crippen molar-refractivity contribution in [2.24, 2.45) is 0 Å². The zero-order valence-electron chi connectivity index (χ0n) is 20.9. The zero-order chi connectivity index (χ0) is 26.8. The summed E-state index contributed by atoms with van der Waals surface area (Å²) in [6.45, 7) is 3.14. The van der Waals surface area contributed by atoms with Gasteiger partial charge in [-0.3, -0.25) is 0 Å². The number of aromatic hydroxyl groups is 2. The van der Waals surface area contributed by atoms with Crippen molar-refractivity contribution in [3.63, 3.8) is 0 Å². The quantitative estimate of drug-likeness (QED) is 0.119. The summed E-state index contributed by atoms with van der Waals surface area (Å²) in [4.78, 5) is 3.73. The number of benzene rings is 3. The van der Waals surface area contributed by atoms with Gasteiger partial charge in [0.25, 0.3) is 0 Å². The molecule has 0 amide bonds. The van der Waals surface area contributed by atoms with E-state index >= 15 is 0 Å². The molecule has 0 radical (unpaired) electrons. The number of hydrogen-bond donors (Lipinski definition) is 8. The molecule has 3 aromatic carbocycles. The van der Waals surface area contributed by atoms with Crippen LogP contribution in [-0.2, 0) is 0 Å². The van der Waals surface area contributed by atoms with Crippen LogP contribution in [-0.4, -0.2) is 83.2 Å². The van der Waals surface area contributed by atoms with Crippen molar-refractivity contribution in [3.8, 4) is 11.5 Å². The first-order chi connectivity index (χ1) is 17.9. The van der Waals surface area contributed by atoms with E-state index in [9.17, 15) is 30.6 Å². The molecule has 10 heteroatoms. The number of nitrogens with zero attached hydrogens (tertiary/aromatic N) is 2. The lowest BCUT2D eigenvalue weighted by atomic mass is 10.1. The number of aliphatic hydroxyl groups excluding tert-OH is 4. The molecule has 0 bridgehead atoms. The zero-order valence-corrected chi connectivity index (χ0v) is 20.9. The van der Waals surface area contributed by atoms with Gasteiger partial charge in [0.2, 0.25) is 0 Å². The number of phenolic OH excluding ortho intramolecular Hbond substituents is 2. The SMILES string of the molecule is Cc1c(O)c(Nc2ccc(N(CCO)CCO)cc2)cc(Nc2ccc(N(CCO)CCO)cc2)c1O. The Bertz CT molecular complexity index is 1030. The minimum absolute atomic E-state index is 0.0251. The van der Waals surface area contributed by atoms with Gasteiger partial charge in [-0.1, -0.05) is 0 Å². The van der Waals surface area contributed by atoms with Crippen LogP contribution in [0.5, 0.6) is 11.5 Å². The molecule has 0 unspecified atom stereocenters. The Morgan fingerprint density at radius 1 is 0.568 bits per heavy atom. The van der Waals surface area contributed by atoms with Crippen molar-refractivity contribution in [2.45, 2.75) is 6.92 Å². The smallest absolute Gasteiger partial charge is 0.145 e. The summed E-state index contributed by atoms with van der Waals surface area (Å²) in [5, 5.41) is 64.7. The maximum absolute atomic E-state index is 10.7. The van der Waals surface area contributed by atoms with E-state index in [-0.39, 0.29) is 37.9 Å². The highest BCUT2D eigenvalue weighted by atomic mass is 16.3. The van der Waals surface area contributed by atoms with Crippen LogP contribution < -0.4 is 20.4 Å². The number of rotatable bonds is 14. The Morgan fingerprint density at radius 2 is 0.892 bits per heavy atom. The fourth-order valence-electron chi connectivity index (χ4n) is 4.03. The average molecular weight is 513 g/mol. The molecule has 37 heavy (non-hydrogen) atoms. The summed E-state index contributed by atoms with van der Waals surface area (Å²) in [6, 6.07) is 16.4. The van der Waals surface area contributed by atoms with E-state index in [2.05, 4.69) is 10.6 Å². The van der Waals surface area contributed by atoms with Gasteiger partial charge in [0, 0.05) is 54.5 Å². The monoisotopic (exact) mass is 512 g/mol. The molecular weight excluding hydrogens is 476 g/mol. The molecule has 0 fully saturated rings. The number of anilines is 6. The fraction of sp³-hybridized carbons (Fsp3) is 0.333. The molecule has 3 aromatic rings. The molecule has 200 valence electrons. The number of hydrogen-bond acceptors (Lipinski definition) is 10. The minimum Gasteiger partial charge on any atom is -0.505 e. The van der Waals surface area contributed by atoms with Gasteiger partial charge < -0.3 is 51.1 Å². The summed E-state index contributed by atoms with van der Waals surface area (Å²) in [6.07, 6.45) is 0. The molecule has 0 heterocycles. The summed E-state index contributed by atoms with van der Waals surface area (Å²) in [5.74, 6) is -0.151. The van der Waals surface area contributed by atoms with Crippen LogP contribution >= 0.6 is 0 Å². The van der Waals surface area contributed by atoms with E-state index in [1.807, 2.05) is 58.3 Å². The van der Waals surface area contributed by atoms with Crippen LogP contribution in [0.15, 0.2) is 54.6 Å². The van der Waals surface area contributed by atoms with E-state index in [4.69, 9.17) is 0 Å². The van der Waals surface area contributed by atoms with Crippen LogP contribution in [0.25, 0.3) is 0 Å². The lowest BCUT2D eigenvalue weighted by Crippen LogP contribution is -2.29. The molecule has 0 aromatic heterocycles. The molecule has 0 saturated heterocycles. The van der Waals surface area contributed by atoms with Gasteiger partial charge in [0.1, 0.15) is 11.5 Å². The first-order valence-electron chi connectivity index (χ1n) is 12.1. The summed E-state index contributed by atoms with van der Waals surface area (Å²) < 4.78 is 0. The highest BCUT2D eigenvalue weighted by Gasteiger charge is 2.15. The third-order valence-electron chi connectivity index (χ3n) is 6.01. The topological polar surface area (TPSA) is 152 Å². The molecule has 0 aliphatic heterocycles. The van der Waals surface area contributed by atoms with Gasteiger partial charge in [-0.2, -0.15) is 0 Å². The Balaban J connectivity index is 1.79. The maximum Gasteiger partial charge on any atom is 0.145 e. The lowest BCUT2D eigenvalue weighted by Gasteiger charge is -2.23. The second-order valence-corrected chi connectivity index (χ2v) is 8.51. The summed E-state index contributed by atoms with van der Waals surface area (Å²) in [7, 11) is 0. The van der Waals surface area contributed by atoms with Crippen LogP contribution in [0.3, 0.4) is 0 Å². The Hall–Kier alpha value is -3.70. The predicted molar refractivity (Wildman–Crippen MR) is 147 cm³/mol. The van der Waals surface area contributed by atoms with Gasteiger partial charge >= 0.3 is 0 Å². The van der Waals surface area contributed by atoms with Crippen LogP contribution in [0.2, 0.25) is 0 Å². The van der Waals surface area contributed by atoms with Gasteiger partial charge in [0.05, 0.1) is 37.8 Å². The van der Waals surface area contributed by atoms with Gasteiger partial charge in [-0.05, 0) is 61.5 Å². The van der Waals surface area contributed by atoms with E-state index in [0.717, 1.165) is 11.4 Å². The molecule has 10 nitrogen and oxygen atoms in total. The predicted octanol–water partition coefficient (Wildman–Crippen LogP) is 2.48. The number of aliphatic hydroxyl groups is 4. The molecule has 0 spiro atoms. The third-order valence-corrected chi connectivity index (χ3v) is 6.01. The highest BCUT2D eigenvalue weighted by Crippen LogP contribution is 2.42. The normalized spacial score (nSPS) is 10.8. The van der Waals surface area contributed by atoms with Crippen molar-refractivity contribution in [3.05, 3.63) is 60.2 Å². The lowest BCUT2D eigenvalue weighted by molar-refractivity contribution is 0.280. The van der Waals surface area contributed by atoms with Crippen LogP contribution in [0, 0.1) is 6.92 Å². The largest absolute Gasteiger partial charge is 0.505 e. The van der Waals surface area contributed by atoms with Crippen molar-refractivity contribution in [2.75, 3.05) is 73.0 Å². The first kappa shape index (κ1) is 27.9. The Morgan fingerprint density at radius 3 is 1.19 bits per heavy atom. The molecule has 3 rings (SSSR count). The number of phenols is 2. The third kappa shape index (κ3) is 7.17. The van der Waals surface area contributed by atoms with Crippen LogP contribution in [0.1, 0.15) is 5.56 Å². The fourth-order valence-corrected chi connectivity index (χ4v) is 4.03. The average Bonchev–Trinajstić information content (AvgIpc) is 2.91. The van der Waals surface area contributed by atoms with E-state index < -0.39 is 0 Å². The van der Waals surface area contributed by atoms with Crippen LogP contribution in [0.4, 0.5) is 34.1 Å². The molecule has 8 N–H and O–H groups in total. The number of nitrogens with one attached hydrogen (secondary N) is 2. The van der Waals surface area contributed by atoms with Crippen molar-refractivity contribution in [1.82, 2.24) is 0 Å². The van der Waals surface area contributed by atoms with E-state index in [1.165, 1.54) is 0 Å². The Kier molecular flexibility index (Phi) is 10.2.